The van der Waals surface area contributed by atoms with Gasteiger partial charge >= 0.3 is 0 Å². The molecule has 4 rings (SSSR count). The highest BCUT2D eigenvalue weighted by Crippen LogP contribution is 2.48. The molecule has 5 heteroatoms. The third-order valence-electron chi connectivity index (χ3n) is 4.46. The Morgan fingerprint density at radius 1 is 0.731 bits per heavy atom. The van der Waals surface area contributed by atoms with Crippen LogP contribution in [0.5, 0.6) is 23.0 Å². The van der Waals surface area contributed by atoms with Crippen LogP contribution in [0.15, 0.2) is 60.7 Å². The number of phenols is 3. The monoisotopic (exact) mass is 347 g/mol. The molecule has 0 spiro atoms. The zero-order valence-electron chi connectivity index (χ0n) is 14.0. The van der Waals surface area contributed by atoms with E-state index >= 15 is 0 Å². The van der Waals surface area contributed by atoms with E-state index in [1.165, 1.54) is 6.07 Å². The van der Waals surface area contributed by atoms with Crippen LogP contribution in [-0.2, 0) is 0 Å². The summed E-state index contributed by atoms with van der Waals surface area (Å²) in [5.74, 6) is 0.570. The van der Waals surface area contributed by atoms with E-state index in [1.807, 2.05) is 24.3 Å². The molecule has 26 heavy (non-hydrogen) atoms. The fraction of sp³-hybridized carbons (Fsp3) is 0.0476. The van der Waals surface area contributed by atoms with Gasteiger partial charge in [0.2, 0.25) is 0 Å². The van der Waals surface area contributed by atoms with E-state index < -0.39 is 0 Å². The topological polar surface area (TPSA) is 82.0 Å². The van der Waals surface area contributed by atoms with Gasteiger partial charge in [0.05, 0.1) is 23.6 Å². The number of anilines is 2. The summed E-state index contributed by atoms with van der Waals surface area (Å²) in [7, 11) is 1.60. The smallest absolute Gasteiger partial charge is 0.135 e. The van der Waals surface area contributed by atoms with Crippen molar-refractivity contribution < 1.29 is 20.1 Å². The molecule has 4 aromatic rings. The van der Waals surface area contributed by atoms with Crippen molar-refractivity contribution in [2.24, 2.45) is 0 Å². The van der Waals surface area contributed by atoms with Gasteiger partial charge in [0.1, 0.15) is 23.0 Å². The first-order chi connectivity index (χ1) is 12.6. The van der Waals surface area contributed by atoms with Crippen LogP contribution in [0.3, 0.4) is 0 Å². The number of rotatable bonds is 3. The first kappa shape index (κ1) is 15.9. The molecule has 0 aliphatic rings. The third-order valence-corrected chi connectivity index (χ3v) is 4.46. The van der Waals surface area contributed by atoms with Crippen LogP contribution in [0.25, 0.3) is 21.5 Å². The lowest BCUT2D eigenvalue weighted by molar-refractivity contribution is 0.415. The SMILES string of the molecule is COc1ccc(Nc2ccc(O)c3c(O)c4ccccc4c(O)c23)cc1. The number of fused-ring (bicyclic) bond motifs is 2. The van der Waals surface area contributed by atoms with Crippen molar-refractivity contribution in [2.75, 3.05) is 12.4 Å². The van der Waals surface area contributed by atoms with Crippen molar-refractivity contribution in [2.45, 2.75) is 0 Å². The Kier molecular flexibility index (Phi) is 3.69. The number of hydrogen-bond acceptors (Lipinski definition) is 5. The van der Waals surface area contributed by atoms with Gasteiger partial charge < -0.3 is 25.4 Å². The Labute approximate surface area is 149 Å². The lowest BCUT2D eigenvalue weighted by Gasteiger charge is -2.16. The van der Waals surface area contributed by atoms with Crippen molar-refractivity contribution in [3.05, 3.63) is 60.7 Å². The molecule has 0 saturated carbocycles. The molecule has 5 nitrogen and oxygen atoms in total. The van der Waals surface area contributed by atoms with Crippen molar-refractivity contribution in [3.8, 4) is 23.0 Å². The van der Waals surface area contributed by atoms with E-state index in [1.54, 1.807) is 37.4 Å². The molecule has 0 atom stereocenters. The standard InChI is InChI=1S/C21H17NO4/c1-26-13-8-6-12(7-9-13)22-16-10-11-17(23)19-18(16)20(24)14-4-2-3-5-15(14)21(19)25/h2-11,22-25H,1H3. The van der Waals surface area contributed by atoms with Crippen LogP contribution < -0.4 is 10.1 Å². The van der Waals surface area contributed by atoms with Crippen molar-refractivity contribution in [1.29, 1.82) is 0 Å². The maximum atomic E-state index is 10.8. The van der Waals surface area contributed by atoms with Gasteiger partial charge in [-0.2, -0.15) is 0 Å². The van der Waals surface area contributed by atoms with Crippen molar-refractivity contribution >= 4 is 32.9 Å². The number of benzene rings is 4. The summed E-state index contributed by atoms with van der Waals surface area (Å²) in [4.78, 5) is 0. The van der Waals surface area contributed by atoms with Crippen LogP contribution in [0, 0.1) is 0 Å². The molecule has 0 saturated heterocycles. The molecular weight excluding hydrogens is 330 g/mol. The van der Waals surface area contributed by atoms with Gasteiger partial charge in [-0.15, -0.1) is 0 Å². The average molecular weight is 347 g/mol. The Morgan fingerprint density at radius 3 is 1.96 bits per heavy atom. The third kappa shape index (κ3) is 2.41. The Hall–Kier alpha value is -3.60. The van der Waals surface area contributed by atoms with Crippen LogP contribution in [-0.4, -0.2) is 22.4 Å². The minimum atomic E-state index is -0.0983. The highest BCUT2D eigenvalue weighted by Gasteiger charge is 2.18. The molecule has 0 bridgehead atoms. The van der Waals surface area contributed by atoms with Gasteiger partial charge in [-0.25, -0.2) is 0 Å². The molecule has 0 fully saturated rings. The summed E-state index contributed by atoms with van der Waals surface area (Å²) in [5, 5.41) is 36.5. The van der Waals surface area contributed by atoms with E-state index in [-0.39, 0.29) is 22.6 Å². The normalized spacial score (nSPS) is 11.0. The second-order valence-corrected chi connectivity index (χ2v) is 5.98. The number of ether oxygens (including phenoxy) is 1. The number of hydrogen-bond donors (Lipinski definition) is 4. The molecule has 0 aliphatic carbocycles. The quantitative estimate of drug-likeness (QED) is 0.314. The van der Waals surface area contributed by atoms with Crippen LogP contribution in [0.2, 0.25) is 0 Å². The van der Waals surface area contributed by atoms with E-state index in [9.17, 15) is 15.3 Å². The second-order valence-electron chi connectivity index (χ2n) is 5.98. The van der Waals surface area contributed by atoms with E-state index in [0.717, 1.165) is 11.4 Å². The van der Waals surface area contributed by atoms with Gasteiger partial charge in [0.25, 0.3) is 0 Å². The molecule has 0 unspecified atom stereocenters. The van der Waals surface area contributed by atoms with E-state index in [0.29, 0.717) is 21.8 Å². The van der Waals surface area contributed by atoms with Gasteiger partial charge in [-0.05, 0) is 36.4 Å². The maximum absolute atomic E-state index is 10.8. The molecule has 0 aromatic heterocycles. The number of nitrogens with one attached hydrogen (secondary N) is 1. The first-order valence-electron chi connectivity index (χ1n) is 8.09. The second kappa shape index (κ2) is 6.04. The van der Waals surface area contributed by atoms with Gasteiger partial charge in [0.15, 0.2) is 0 Å². The van der Waals surface area contributed by atoms with E-state index in [2.05, 4.69) is 5.32 Å². The van der Waals surface area contributed by atoms with Gasteiger partial charge in [-0.1, -0.05) is 24.3 Å². The Bertz CT molecular complexity index is 1120. The van der Waals surface area contributed by atoms with Crippen LogP contribution in [0.1, 0.15) is 0 Å². The maximum Gasteiger partial charge on any atom is 0.135 e. The largest absolute Gasteiger partial charge is 0.507 e. The van der Waals surface area contributed by atoms with Crippen LogP contribution >= 0.6 is 0 Å². The summed E-state index contributed by atoms with van der Waals surface area (Å²) in [6.45, 7) is 0. The summed E-state index contributed by atoms with van der Waals surface area (Å²) in [6.07, 6.45) is 0. The highest BCUT2D eigenvalue weighted by molar-refractivity contribution is 6.16. The van der Waals surface area contributed by atoms with Gasteiger partial charge in [-0.3, -0.25) is 0 Å². The molecule has 130 valence electrons. The minimum Gasteiger partial charge on any atom is -0.507 e. The lowest BCUT2D eigenvalue weighted by atomic mass is 9.98. The van der Waals surface area contributed by atoms with Crippen molar-refractivity contribution in [3.63, 3.8) is 0 Å². The summed E-state index contributed by atoms with van der Waals surface area (Å²) in [6, 6.07) is 17.5. The summed E-state index contributed by atoms with van der Waals surface area (Å²) in [5.41, 5.74) is 1.35. The predicted molar refractivity (Wildman–Crippen MR) is 103 cm³/mol. The molecular formula is C21H17NO4. The highest BCUT2D eigenvalue weighted by atomic mass is 16.5. The fourth-order valence-electron chi connectivity index (χ4n) is 3.18. The predicted octanol–water partition coefficient (Wildman–Crippen LogP) is 4.86. The number of phenolic OH excluding ortho intramolecular Hbond substituents is 3. The molecule has 0 heterocycles. The fourth-order valence-corrected chi connectivity index (χ4v) is 3.18. The minimum absolute atomic E-state index is 0.000289. The van der Waals surface area contributed by atoms with Gasteiger partial charge in [0, 0.05) is 16.5 Å². The summed E-state index contributed by atoms with van der Waals surface area (Å²) >= 11 is 0. The van der Waals surface area contributed by atoms with Crippen LogP contribution in [0.4, 0.5) is 11.4 Å². The molecule has 4 N–H and O–H groups in total. The summed E-state index contributed by atoms with van der Waals surface area (Å²) < 4.78 is 5.15. The Morgan fingerprint density at radius 2 is 1.35 bits per heavy atom. The number of methoxy groups -OCH3 is 1. The molecule has 0 amide bonds. The lowest BCUT2D eigenvalue weighted by Crippen LogP contribution is -1.93. The number of aromatic hydroxyl groups is 3. The van der Waals surface area contributed by atoms with E-state index in [4.69, 9.17) is 4.74 Å². The Balaban J connectivity index is 1.96. The zero-order chi connectivity index (χ0) is 18.3. The zero-order valence-corrected chi connectivity index (χ0v) is 14.0. The molecule has 0 radical (unpaired) electrons. The first-order valence-corrected chi connectivity index (χ1v) is 8.09. The molecule has 4 aromatic carbocycles. The molecule has 0 aliphatic heterocycles. The average Bonchev–Trinajstić information content (AvgIpc) is 2.68. The van der Waals surface area contributed by atoms with Crippen molar-refractivity contribution in [1.82, 2.24) is 0 Å².